The van der Waals surface area contributed by atoms with Crippen molar-refractivity contribution >= 4 is 16.7 Å². The maximum Gasteiger partial charge on any atom is 0.127 e. The molecule has 0 saturated carbocycles. The second kappa shape index (κ2) is 11.5. The van der Waals surface area contributed by atoms with Gasteiger partial charge >= 0.3 is 0 Å². The van der Waals surface area contributed by atoms with Crippen LogP contribution in [0.25, 0.3) is 10.8 Å². The van der Waals surface area contributed by atoms with Crippen LogP contribution in [0.1, 0.15) is 41.0 Å². The van der Waals surface area contributed by atoms with Crippen LogP contribution in [0, 0.1) is 18.6 Å². The number of benzene rings is 4. The van der Waals surface area contributed by atoms with Gasteiger partial charge in [-0.2, -0.15) is 0 Å². The van der Waals surface area contributed by atoms with Crippen molar-refractivity contribution in [2.75, 3.05) is 6.61 Å². The fraction of sp³-hybridized carbons (Fsp3) is 0.233. The van der Waals surface area contributed by atoms with Crippen molar-refractivity contribution < 1.29 is 33.6 Å². The van der Waals surface area contributed by atoms with Crippen molar-refractivity contribution in [3.63, 3.8) is 0 Å². The highest BCUT2D eigenvalue weighted by molar-refractivity contribution is 5.89. The second-order valence-corrected chi connectivity index (χ2v) is 9.11. The van der Waals surface area contributed by atoms with Crippen molar-refractivity contribution in [3.05, 3.63) is 113 Å². The molecule has 0 aliphatic carbocycles. The third-order valence-corrected chi connectivity index (χ3v) is 6.36. The van der Waals surface area contributed by atoms with E-state index in [1.807, 2.05) is 37.3 Å². The lowest BCUT2D eigenvalue weighted by Gasteiger charge is -2.25. The molecule has 4 rings (SSSR count). The number of carbonyl (C=O) groups is 1. The second-order valence-electron chi connectivity index (χ2n) is 9.11. The summed E-state index contributed by atoms with van der Waals surface area (Å²) in [5.41, 5.74) is 3.07. The Morgan fingerprint density at radius 2 is 1.46 bits per heavy atom. The van der Waals surface area contributed by atoms with Crippen LogP contribution < -0.4 is 9.84 Å². The first-order chi connectivity index (χ1) is 17.7. The molecule has 0 spiro atoms. The molecule has 192 valence electrons. The van der Waals surface area contributed by atoms with Crippen LogP contribution in [0.2, 0.25) is 0 Å². The van der Waals surface area contributed by atoms with Crippen molar-refractivity contribution in [2.24, 2.45) is 0 Å². The van der Waals surface area contributed by atoms with Gasteiger partial charge in [0.05, 0.1) is 12.2 Å². The molecule has 5 nitrogen and oxygen atoms in total. The van der Waals surface area contributed by atoms with Crippen LogP contribution in [-0.4, -0.2) is 35.0 Å². The van der Waals surface area contributed by atoms with Gasteiger partial charge in [-0.15, -0.1) is 0 Å². The minimum Gasteiger partial charge on any atom is -0.550 e. The molecule has 4 aromatic carbocycles. The molecule has 0 amide bonds. The van der Waals surface area contributed by atoms with Crippen molar-refractivity contribution in [3.8, 4) is 5.75 Å². The number of carboxylic acid groups (broad SMARTS) is 1. The molecular formula is C30H27F2O5-. The Morgan fingerprint density at radius 3 is 2.03 bits per heavy atom. The fourth-order valence-electron chi connectivity index (χ4n) is 4.64. The van der Waals surface area contributed by atoms with Crippen LogP contribution in [0.3, 0.4) is 0 Å². The lowest BCUT2D eigenvalue weighted by Crippen LogP contribution is -2.31. The van der Waals surface area contributed by atoms with Gasteiger partial charge in [0.15, 0.2) is 0 Å². The summed E-state index contributed by atoms with van der Waals surface area (Å²) in [7, 11) is 0. The predicted molar refractivity (Wildman–Crippen MR) is 134 cm³/mol. The average molecular weight is 506 g/mol. The van der Waals surface area contributed by atoms with E-state index in [2.05, 4.69) is 0 Å². The molecule has 4 aromatic rings. The molecule has 0 bridgehead atoms. The number of hydrogen-bond donors (Lipinski definition) is 2. The molecule has 2 N–H and O–H groups in total. The molecule has 37 heavy (non-hydrogen) atoms. The Labute approximate surface area is 213 Å². The highest BCUT2D eigenvalue weighted by Gasteiger charge is 2.25. The van der Waals surface area contributed by atoms with E-state index in [1.165, 1.54) is 24.3 Å². The topological polar surface area (TPSA) is 89.8 Å². The largest absolute Gasteiger partial charge is 0.550 e. The van der Waals surface area contributed by atoms with Gasteiger partial charge < -0.3 is 24.9 Å². The molecule has 0 aromatic heterocycles. The lowest BCUT2D eigenvalue weighted by molar-refractivity contribution is -0.307. The lowest BCUT2D eigenvalue weighted by atomic mass is 9.82. The number of aryl methyl sites for hydroxylation is 1. The van der Waals surface area contributed by atoms with Gasteiger partial charge in [-0.05, 0) is 64.7 Å². The standard InChI is InChI=1S/C30H28F2O5/c1-18-26-5-3-2-4-21(26)14-27(30(18)37-17-25(34)15-24(33)16-28(35)36)29(19-6-10-22(31)11-7-19)20-8-12-23(32)13-9-20/h2-14,24-25,29,33-34H,15-17H2,1H3,(H,35,36)/p-1/t24-,25?/m1/s1. The summed E-state index contributed by atoms with van der Waals surface area (Å²) in [6.07, 6.45) is -3.20. The minimum atomic E-state index is -1.41. The van der Waals surface area contributed by atoms with E-state index in [4.69, 9.17) is 4.74 Å². The van der Waals surface area contributed by atoms with Crippen LogP contribution >= 0.6 is 0 Å². The van der Waals surface area contributed by atoms with E-state index in [0.29, 0.717) is 5.75 Å². The Morgan fingerprint density at radius 1 is 0.892 bits per heavy atom. The summed E-state index contributed by atoms with van der Waals surface area (Å²) in [5, 5.41) is 32.9. The average Bonchev–Trinajstić information content (AvgIpc) is 2.85. The number of rotatable bonds is 10. The summed E-state index contributed by atoms with van der Waals surface area (Å²) in [6, 6.07) is 21.8. The van der Waals surface area contributed by atoms with Gasteiger partial charge in [0.25, 0.3) is 0 Å². The number of aliphatic hydroxyl groups is 2. The van der Waals surface area contributed by atoms with E-state index in [1.54, 1.807) is 24.3 Å². The van der Waals surface area contributed by atoms with Crippen LogP contribution in [0.5, 0.6) is 5.75 Å². The molecule has 0 radical (unpaired) electrons. The van der Waals surface area contributed by atoms with Crippen molar-refractivity contribution in [2.45, 2.75) is 37.9 Å². The van der Waals surface area contributed by atoms with Crippen LogP contribution in [-0.2, 0) is 4.79 Å². The Kier molecular flexibility index (Phi) is 8.16. The first-order valence-electron chi connectivity index (χ1n) is 11.9. The smallest absolute Gasteiger partial charge is 0.127 e. The predicted octanol–water partition coefficient (Wildman–Crippen LogP) is 4.24. The number of carbonyl (C=O) groups excluding carboxylic acids is 1. The first-order valence-corrected chi connectivity index (χ1v) is 11.9. The highest BCUT2D eigenvalue weighted by Crippen LogP contribution is 2.42. The summed E-state index contributed by atoms with van der Waals surface area (Å²) in [6.45, 7) is 1.70. The molecule has 7 heteroatoms. The SMILES string of the molecule is Cc1c(OCC(O)C[C@@H](O)CC(=O)[O-])c(C(c2ccc(F)cc2)c2ccc(F)cc2)cc2ccccc12. The Bertz CT molecular complexity index is 1320. The van der Waals surface area contributed by atoms with E-state index in [0.717, 1.165) is 33.0 Å². The third-order valence-electron chi connectivity index (χ3n) is 6.36. The molecule has 1 unspecified atom stereocenters. The maximum absolute atomic E-state index is 13.8. The van der Waals surface area contributed by atoms with E-state index < -0.39 is 30.5 Å². The number of carboxylic acids is 1. The van der Waals surface area contributed by atoms with Gasteiger partial charge in [-0.1, -0.05) is 48.5 Å². The molecular weight excluding hydrogens is 478 g/mol. The zero-order chi connectivity index (χ0) is 26.5. The van der Waals surface area contributed by atoms with Gasteiger partial charge in [-0.25, -0.2) is 8.78 Å². The fourth-order valence-corrected chi connectivity index (χ4v) is 4.64. The van der Waals surface area contributed by atoms with E-state index in [-0.39, 0.29) is 24.7 Å². The summed E-state index contributed by atoms with van der Waals surface area (Å²) >= 11 is 0. The normalized spacial score (nSPS) is 13.0. The van der Waals surface area contributed by atoms with Gasteiger partial charge in [0, 0.05) is 30.3 Å². The molecule has 0 saturated heterocycles. The molecule has 0 fully saturated rings. The van der Waals surface area contributed by atoms with E-state index in [9.17, 15) is 28.9 Å². The number of halogens is 2. The molecule has 0 aliphatic heterocycles. The van der Waals surface area contributed by atoms with Crippen LogP contribution in [0.4, 0.5) is 8.78 Å². The number of aliphatic hydroxyl groups excluding tert-OH is 2. The quantitative estimate of drug-likeness (QED) is 0.315. The molecule has 0 aliphatic rings. The first kappa shape index (κ1) is 26.3. The van der Waals surface area contributed by atoms with Crippen molar-refractivity contribution in [1.82, 2.24) is 0 Å². The zero-order valence-corrected chi connectivity index (χ0v) is 20.2. The van der Waals surface area contributed by atoms with E-state index >= 15 is 0 Å². The minimum absolute atomic E-state index is 0.199. The van der Waals surface area contributed by atoms with Gasteiger partial charge in [-0.3, -0.25) is 0 Å². The monoisotopic (exact) mass is 505 g/mol. The summed E-state index contributed by atoms with van der Waals surface area (Å²) < 4.78 is 33.7. The van der Waals surface area contributed by atoms with Gasteiger partial charge in [0.2, 0.25) is 0 Å². The summed E-state index contributed by atoms with van der Waals surface area (Å²) in [5.74, 6) is -2.13. The van der Waals surface area contributed by atoms with Crippen LogP contribution in [0.15, 0.2) is 78.9 Å². The number of fused-ring (bicyclic) bond motifs is 1. The zero-order valence-electron chi connectivity index (χ0n) is 20.2. The van der Waals surface area contributed by atoms with Gasteiger partial charge in [0.1, 0.15) is 24.0 Å². The van der Waals surface area contributed by atoms with Crippen molar-refractivity contribution in [1.29, 1.82) is 0 Å². The Hall–Kier alpha value is -3.81. The number of hydrogen-bond acceptors (Lipinski definition) is 5. The molecule has 2 atom stereocenters. The summed E-state index contributed by atoms with van der Waals surface area (Å²) in [4.78, 5) is 10.7. The maximum atomic E-state index is 13.8. The number of aliphatic carboxylic acids is 1. The molecule has 0 heterocycles. The Balaban J connectivity index is 1.80. The third kappa shape index (κ3) is 6.31. The number of ether oxygens (including phenoxy) is 1. The highest BCUT2D eigenvalue weighted by atomic mass is 19.1.